The summed E-state index contributed by atoms with van der Waals surface area (Å²) in [5, 5.41) is 0. The van der Waals surface area contributed by atoms with Gasteiger partial charge in [-0.2, -0.15) is 0 Å². The van der Waals surface area contributed by atoms with Gasteiger partial charge in [-0.1, -0.05) is 30.3 Å². The largest absolute Gasteiger partial charge is 0.469 e. The number of hydrogen-bond donors (Lipinski definition) is 0. The van der Waals surface area contributed by atoms with Gasteiger partial charge in [0.05, 0.1) is 12.2 Å². The Hall–Kier alpha value is -2.88. The molecule has 4 nitrogen and oxygen atoms in total. The van der Waals surface area contributed by atoms with E-state index in [0.29, 0.717) is 12.3 Å². The summed E-state index contributed by atoms with van der Waals surface area (Å²) in [6.45, 7) is 1.62. The molecule has 0 radical (unpaired) electrons. The zero-order valence-electron chi connectivity index (χ0n) is 15.3. The highest BCUT2D eigenvalue weighted by molar-refractivity contribution is 5.77. The Morgan fingerprint density at radius 1 is 1.04 bits per heavy atom. The number of carbonyl (C=O) groups is 1. The first-order chi connectivity index (χ1) is 13.3. The van der Waals surface area contributed by atoms with E-state index < -0.39 is 0 Å². The third kappa shape index (κ3) is 4.11. The standard InChI is InChI=1S/C23H24N2O2/c26-23(25-14-10-19(11-15-25)18-8-12-24-13-9-18)17-21(22-7-4-16-27-22)20-5-2-1-3-6-20/h1-9,12-13,16,19,21H,10-11,14-15,17H2/t21-/m1/s1. The molecule has 1 atom stereocenters. The summed E-state index contributed by atoms with van der Waals surface area (Å²) < 4.78 is 5.64. The molecule has 2 aromatic heterocycles. The van der Waals surface area contributed by atoms with Gasteiger partial charge in [0.25, 0.3) is 0 Å². The smallest absolute Gasteiger partial charge is 0.223 e. The van der Waals surface area contributed by atoms with Crippen molar-refractivity contribution in [2.45, 2.75) is 31.1 Å². The molecule has 27 heavy (non-hydrogen) atoms. The van der Waals surface area contributed by atoms with Crippen molar-refractivity contribution in [1.82, 2.24) is 9.88 Å². The number of rotatable bonds is 5. The SMILES string of the molecule is O=C(C[C@H](c1ccccc1)c1ccco1)N1CCC(c2ccncc2)CC1. The Labute approximate surface area is 159 Å². The minimum Gasteiger partial charge on any atom is -0.469 e. The molecule has 1 aromatic carbocycles. The fourth-order valence-corrected chi connectivity index (χ4v) is 3.96. The lowest BCUT2D eigenvalue weighted by atomic mass is 9.89. The van der Waals surface area contributed by atoms with Crippen LogP contribution in [0, 0.1) is 0 Å². The summed E-state index contributed by atoms with van der Waals surface area (Å²) in [7, 11) is 0. The van der Waals surface area contributed by atoms with Gasteiger partial charge in [-0.15, -0.1) is 0 Å². The molecule has 4 heteroatoms. The van der Waals surface area contributed by atoms with Crippen LogP contribution in [-0.4, -0.2) is 28.9 Å². The number of piperidine rings is 1. The van der Waals surface area contributed by atoms with Gasteiger partial charge in [0, 0.05) is 31.9 Å². The molecule has 1 aliphatic heterocycles. The molecular weight excluding hydrogens is 336 g/mol. The average molecular weight is 360 g/mol. The molecule has 3 heterocycles. The van der Waals surface area contributed by atoms with Gasteiger partial charge in [-0.3, -0.25) is 9.78 Å². The fourth-order valence-electron chi connectivity index (χ4n) is 3.96. The quantitative estimate of drug-likeness (QED) is 0.668. The van der Waals surface area contributed by atoms with E-state index in [0.717, 1.165) is 37.3 Å². The number of furan rings is 1. The first-order valence-electron chi connectivity index (χ1n) is 9.57. The van der Waals surface area contributed by atoms with E-state index in [1.807, 2.05) is 47.6 Å². The normalized spacial score (nSPS) is 16.2. The van der Waals surface area contributed by atoms with E-state index in [4.69, 9.17) is 4.42 Å². The summed E-state index contributed by atoms with van der Waals surface area (Å²) in [6.07, 6.45) is 7.83. The Kier molecular flexibility index (Phi) is 5.33. The minimum atomic E-state index is -0.0355. The van der Waals surface area contributed by atoms with Crippen molar-refractivity contribution >= 4 is 5.91 Å². The number of hydrogen-bond acceptors (Lipinski definition) is 3. The number of pyridine rings is 1. The maximum absolute atomic E-state index is 13.0. The molecule has 3 aromatic rings. The second kappa shape index (κ2) is 8.21. The lowest BCUT2D eigenvalue weighted by Crippen LogP contribution is -2.38. The molecule has 4 rings (SSSR count). The van der Waals surface area contributed by atoms with E-state index in [9.17, 15) is 4.79 Å². The molecule has 1 fully saturated rings. The maximum atomic E-state index is 13.0. The fraction of sp³-hybridized carbons (Fsp3) is 0.304. The Bertz CT molecular complexity index is 839. The van der Waals surface area contributed by atoms with Crippen LogP contribution in [-0.2, 0) is 4.79 Å². The van der Waals surface area contributed by atoms with Gasteiger partial charge in [0.2, 0.25) is 5.91 Å². The van der Waals surface area contributed by atoms with Crippen LogP contribution >= 0.6 is 0 Å². The Morgan fingerprint density at radius 2 is 1.78 bits per heavy atom. The van der Waals surface area contributed by atoms with E-state index in [-0.39, 0.29) is 11.8 Å². The van der Waals surface area contributed by atoms with Crippen LogP contribution in [0.15, 0.2) is 77.7 Å². The number of likely N-dealkylation sites (tertiary alicyclic amines) is 1. The van der Waals surface area contributed by atoms with Gasteiger partial charge in [-0.25, -0.2) is 0 Å². The molecule has 0 saturated carbocycles. The molecule has 1 amide bonds. The zero-order valence-corrected chi connectivity index (χ0v) is 15.3. The van der Waals surface area contributed by atoms with Gasteiger partial charge < -0.3 is 9.32 Å². The first-order valence-corrected chi connectivity index (χ1v) is 9.57. The van der Waals surface area contributed by atoms with Crippen LogP contribution in [0.4, 0.5) is 0 Å². The van der Waals surface area contributed by atoms with Crippen molar-refractivity contribution in [2.75, 3.05) is 13.1 Å². The number of benzene rings is 1. The predicted octanol–water partition coefficient (Wildman–Crippen LogP) is 4.60. The molecule has 0 bridgehead atoms. The van der Waals surface area contributed by atoms with Crippen molar-refractivity contribution in [3.63, 3.8) is 0 Å². The second-order valence-corrected chi connectivity index (χ2v) is 7.12. The number of amides is 1. The topological polar surface area (TPSA) is 46.3 Å². The van der Waals surface area contributed by atoms with Crippen LogP contribution in [0.25, 0.3) is 0 Å². The monoisotopic (exact) mass is 360 g/mol. The van der Waals surface area contributed by atoms with Crippen molar-refractivity contribution < 1.29 is 9.21 Å². The van der Waals surface area contributed by atoms with Crippen LogP contribution in [0.2, 0.25) is 0 Å². The summed E-state index contributed by atoms with van der Waals surface area (Å²) in [5.41, 5.74) is 2.45. The number of nitrogens with zero attached hydrogens (tertiary/aromatic N) is 2. The predicted molar refractivity (Wildman–Crippen MR) is 104 cm³/mol. The second-order valence-electron chi connectivity index (χ2n) is 7.12. The molecule has 138 valence electrons. The third-order valence-electron chi connectivity index (χ3n) is 5.49. The Balaban J connectivity index is 1.42. The van der Waals surface area contributed by atoms with Gasteiger partial charge >= 0.3 is 0 Å². The summed E-state index contributed by atoms with van der Waals surface area (Å²) in [6, 6.07) is 18.2. The van der Waals surface area contributed by atoms with E-state index >= 15 is 0 Å². The first kappa shape index (κ1) is 17.5. The maximum Gasteiger partial charge on any atom is 0.223 e. The molecule has 0 N–H and O–H groups in total. The van der Waals surface area contributed by atoms with E-state index in [1.54, 1.807) is 6.26 Å². The zero-order chi connectivity index (χ0) is 18.5. The summed E-state index contributed by atoms with van der Waals surface area (Å²) in [5.74, 6) is 1.54. The Morgan fingerprint density at radius 3 is 2.44 bits per heavy atom. The lowest BCUT2D eigenvalue weighted by molar-refractivity contribution is -0.132. The van der Waals surface area contributed by atoms with Crippen LogP contribution in [0.5, 0.6) is 0 Å². The average Bonchev–Trinajstić information content (AvgIpc) is 3.28. The van der Waals surface area contributed by atoms with Gasteiger partial charge in [0.1, 0.15) is 5.76 Å². The molecule has 0 aliphatic carbocycles. The van der Waals surface area contributed by atoms with Crippen molar-refractivity contribution in [1.29, 1.82) is 0 Å². The summed E-state index contributed by atoms with van der Waals surface area (Å²) in [4.78, 5) is 19.1. The van der Waals surface area contributed by atoms with E-state index in [2.05, 4.69) is 29.2 Å². The van der Waals surface area contributed by atoms with Gasteiger partial charge in [0.15, 0.2) is 0 Å². The lowest BCUT2D eigenvalue weighted by Gasteiger charge is -2.33. The summed E-state index contributed by atoms with van der Waals surface area (Å²) >= 11 is 0. The molecule has 0 spiro atoms. The molecule has 0 unspecified atom stereocenters. The van der Waals surface area contributed by atoms with Gasteiger partial charge in [-0.05, 0) is 54.2 Å². The minimum absolute atomic E-state index is 0.0355. The number of aromatic nitrogens is 1. The molecule has 1 saturated heterocycles. The number of carbonyl (C=O) groups excluding carboxylic acids is 1. The molecule has 1 aliphatic rings. The molecular formula is C23H24N2O2. The van der Waals surface area contributed by atoms with Crippen molar-refractivity contribution in [2.24, 2.45) is 0 Å². The van der Waals surface area contributed by atoms with Crippen LogP contribution < -0.4 is 0 Å². The van der Waals surface area contributed by atoms with Crippen LogP contribution in [0.3, 0.4) is 0 Å². The highest BCUT2D eigenvalue weighted by Crippen LogP contribution is 2.31. The van der Waals surface area contributed by atoms with Crippen molar-refractivity contribution in [3.05, 3.63) is 90.1 Å². The third-order valence-corrected chi connectivity index (χ3v) is 5.49. The highest BCUT2D eigenvalue weighted by Gasteiger charge is 2.27. The van der Waals surface area contributed by atoms with Crippen LogP contribution in [0.1, 0.15) is 48.0 Å². The highest BCUT2D eigenvalue weighted by atomic mass is 16.3. The van der Waals surface area contributed by atoms with E-state index in [1.165, 1.54) is 5.56 Å². The van der Waals surface area contributed by atoms with Crippen molar-refractivity contribution in [3.8, 4) is 0 Å².